The number of aliphatic carboxylic acids is 1. The summed E-state index contributed by atoms with van der Waals surface area (Å²) in [5.74, 6) is -3.52. The number of benzene rings is 1. The van der Waals surface area contributed by atoms with Crippen molar-refractivity contribution in [2.75, 3.05) is 13.2 Å². The Morgan fingerprint density at radius 2 is 2.09 bits per heavy atom. The number of hydrogen-bond acceptors (Lipinski definition) is 3. The van der Waals surface area contributed by atoms with Crippen molar-refractivity contribution in [3.63, 3.8) is 0 Å². The molecular formula is C14H14F3NO4. The maximum atomic E-state index is 12.1. The maximum Gasteiger partial charge on any atom is 0.471 e. The fraction of sp³-hybridized carbons (Fsp3) is 0.429. The molecule has 0 radical (unpaired) electrons. The predicted molar refractivity (Wildman–Crippen MR) is 69.7 cm³/mol. The molecule has 0 saturated carbocycles. The summed E-state index contributed by atoms with van der Waals surface area (Å²) < 4.78 is 41.5. The van der Waals surface area contributed by atoms with E-state index in [0.717, 1.165) is 5.56 Å². The molecule has 2 N–H and O–H groups in total. The summed E-state index contributed by atoms with van der Waals surface area (Å²) in [5.41, 5.74) is 1.36. The number of carbonyl (C=O) groups excluding carboxylic acids is 1. The van der Waals surface area contributed by atoms with E-state index >= 15 is 0 Å². The largest absolute Gasteiger partial charge is 0.493 e. The zero-order valence-electron chi connectivity index (χ0n) is 11.4. The zero-order chi connectivity index (χ0) is 16.3. The summed E-state index contributed by atoms with van der Waals surface area (Å²) in [6.07, 6.45) is -4.43. The number of carboxylic acid groups (broad SMARTS) is 1. The number of fused-ring (bicyclic) bond motifs is 1. The van der Waals surface area contributed by atoms with Crippen LogP contribution in [0.2, 0.25) is 0 Å². The summed E-state index contributed by atoms with van der Waals surface area (Å²) in [6.45, 7) is 0.154. The molecule has 0 spiro atoms. The highest BCUT2D eigenvalue weighted by Crippen LogP contribution is 2.30. The van der Waals surface area contributed by atoms with Gasteiger partial charge in [0.1, 0.15) is 5.75 Å². The van der Waals surface area contributed by atoms with E-state index in [2.05, 4.69) is 0 Å². The van der Waals surface area contributed by atoms with Gasteiger partial charge in [0.05, 0.1) is 12.5 Å². The Hall–Kier alpha value is -2.25. The van der Waals surface area contributed by atoms with E-state index in [1.807, 2.05) is 0 Å². The second-order valence-corrected chi connectivity index (χ2v) is 4.90. The van der Waals surface area contributed by atoms with Crippen LogP contribution in [0.3, 0.4) is 0 Å². The lowest BCUT2D eigenvalue weighted by molar-refractivity contribution is -0.173. The standard InChI is InChI=1S/C14H14F3NO4/c15-14(16,17)13(21)18-5-3-10(12(19)20)8-1-2-11-9(7-8)4-6-22-11/h1-2,7,10H,3-6H2,(H,18,21)(H,19,20). The van der Waals surface area contributed by atoms with E-state index in [4.69, 9.17) is 4.74 Å². The highest BCUT2D eigenvalue weighted by atomic mass is 19.4. The highest BCUT2D eigenvalue weighted by molar-refractivity contribution is 5.81. The molecule has 5 nitrogen and oxygen atoms in total. The number of carbonyl (C=O) groups is 2. The molecule has 0 bridgehead atoms. The molecule has 1 unspecified atom stereocenters. The number of halogens is 3. The van der Waals surface area contributed by atoms with Crippen molar-refractivity contribution in [3.05, 3.63) is 29.3 Å². The molecule has 0 saturated heterocycles. The molecule has 1 aromatic carbocycles. The molecule has 8 heteroatoms. The third-order valence-electron chi connectivity index (χ3n) is 3.39. The van der Waals surface area contributed by atoms with Crippen molar-refractivity contribution in [1.29, 1.82) is 0 Å². The topological polar surface area (TPSA) is 75.6 Å². The summed E-state index contributed by atoms with van der Waals surface area (Å²) in [5, 5.41) is 10.9. The summed E-state index contributed by atoms with van der Waals surface area (Å²) >= 11 is 0. The Morgan fingerprint density at radius 3 is 2.73 bits per heavy atom. The van der Waals surface area contributed by atoms with Gasteiger partial charge in [-0.25, -0.2) is 0 Å². The lowest BCUT2D eigenvalue weighted by Gasteiger charge is -2.15. The predicted octanol–water partition coefficient (Wildman–Crippen LogP) is 1.86. The Balaban J connectivity index is 2.02. The first kappa shape index (κ1) is 16.1. The lowest BCUT2D eigenvalue weighted by Crippen LogP contribution is -2.38. The first-order chi connectivity index (χ1) is 10.3. The Labute approximate surface area is 124 Å². The Morgan fingerprint density at radius 1 is 1.36 bits per heavy atom. The third-order valence-corrected chi connectivity index (χ3v) is 3.39. The average Bonchev–Trinajstić information content (AvgIpc) is 2.89. The van der Waals surface area contributed by atoms with E-state index < -0.39 is 24.0 Å². The zero-order valence-corrected chi connectivity index (χ0v) is 11.4. The van der Waals surface area contributed by atoms with Gasteiger partial charge < -0.3 is 15.2 Å². The van der Waals surface area contributed by atoms with E-state index in [-0.39, 0.29) is 13.0 Å². The second kappa shape index (κ2) is 6.25. The molecule has 0 aromatic heterocycles. The van der Waals surface area contributed by atoms with Crippen LogP contribution < -0.4 is 10.1 Å². The van der Waals surface area contributed by atoms with Crippen molar-refractivity contribution >= 4 is 11.9 Å². The second-order valence-electron chi connectivity index (χ2n) is 4.90. The van der Waals surface area contributed by atoms with Crippen LogP contribution in [-0.2, 0) is 16.0 Å². The molecule has 1 aromatic rings. The third kappa shape index (κ3) is 3.69. The van der Waals surface area contributed by atoms with Crippen LogP contribution >= 0.6 is 0 Å². The van der Waals surface area contributed by atoms with Gasteiger partial charge >= 0.3 is 18.1 Å². The van der Waals surface area contributed by atoms with Gasteiger partial charge in [0.25, 0.3) is 0 Å². The average molecular weight is 317 g/mol. The summed E-state index contributed by atoms with van der Waals surface area (Å²) in [6, 6.07) is 4.92. The van der Waals surface area contributed by atoms with Gasteiger partial charge in [-0.3, -0.25) is 9.59 Å². The van der Waals surface area contributed by atoms with E-state index in [1.54, 1.807) is 23.5 Å². The lowest BCUT2D eigenvalue weighted by atomic mass is 9.93. The van der Waals surface area contributed by atoms with Gasteiger partial charge in [0.2, 0.25) is 0 Å². The molecule has 22 heavy (non-hydrogen) atoms. The molecule has 120 valence electrons. The van der Waals surface area contributed by atoms with Crippen LogP contribution in [0.25, 0.3) is 0 Å². The molecule has 1 aliphatic rings. The quantitative estimate of drug-likeness (QED) is 0.869. The van der Waals surface area contributed by atoms with Crippen LogP contribution in [0.1, 0.15) is 23.5 Å². The van der Waals surface area contributed by atoms with Gasteiger partial charge in [0.15, 0.2) is 0 Å². The number of amides is 1. The van der Waals surface area contributed by atoms with Crippen LogP contribution in [0.5, 0.6) is 5.75 Å². The number of rotatable bonds is 5. The van der Waals surface area contributed by atoms with Gasteiger partial charge in [-0.15, -0.1) is 0 Å². The maximum absolute atomic E-state index is 12.1. The van der Waals surface area contributed by atoms with Crippen molar-refractivity contribution in [3.8, 4) is 5.75 Å². The number of ether oxygens (including phenoxy) is 1. The minimum Gasteiger partial charge on any atom is -0.493 e. The summed E-state index contributed by atoms with van der Waals surface area (Å²) in [7, 11) is 0. The summed E-state index contributed by atoms with van der Waals surface area (Å²) in [4.78, 5) is 22.0. The Kier molecular flexibility index (Phi) is 4.58. The van der Waals surface area contributed by atoms with Gasteiger partial charge in [-0.1, -0.05) is 12.1 Å². The molecule has 0 fully saturated rings. The van der Waals surface area contributed by atoms with Crippen molar-refractivity contribution in [2.45, 2.75) is 24.9 Å². The minimum absolute atomic E-state index is 0.128. The first-order valence-corrected chi connectivity index (χ1v) is 6.62. The van der Waals surface area contributed by atoms with Crippen LogP contribution in [0.15, 0.2) is 18.2 Å². The number of nitrogens with one attached hydrogen (secondary N) is 1. The molecule has 0 aliphatic carbocycles. The SMILES string of the molecule is O=C(O)C(CCNC(=O)C(F)(F)F)c1ccc2c(c1)CCO2. The highest BCUT2D eigenvalue weighted by Gasteiger charge is 2.38. The van der Waals surface area contributed by atoms with Gasteiger partial charge in [0, 0.05) is 13.0 Å². The van der Waals surface area contributed by atoms with Gasteiger partial charge in [-0.2, -0.15) is 13.2 Å². The van der Waals surface area contributed by atoms with Crippen LogP contribution in [0.4, 0.5) is 13.2 Å². The first-order valence-electron chi connectivity index (χ1n) is 6.62. The van der Waals surface area contributed by atoms with E-state index in [0.29, 0.717) is 24.3 Å². The fourth-order valence-corrected chi connectivity index (χ4v) is 2.29. The van der Waals surface area contributed by atoms with Crippen molar-refractivity contribution in [1.82, 2.24) is 5.32 Å². The van der Waals surface area contributed by atoms with Crippen molar-refractivity contribution in [2.24, 2.45) is 0 Å². The molecular weight excluding hydrogens is 303 g/mol. The Bertz CT molecular complexity index is 586. The minimum atomic E-state index is -4.97. The molecule has 1 aliphatic heterocycles. The smallest absolute Gasteiger partial charge is 0.471 e. The normalized spacial score (nSPS) is 14.9. The molecule has 1 amide bonds. The fourth-order valence-electron chi connectivity index (χ4n) is 2.29. The van der Waals surface area contributed by atoms with Crippen LogP contribution in [0, 0.1) is 0 Å². The number of alkyl halides is 3. The van der Waals surface area contributed by atoms with Gasteiger partial charge in [-0.05, 0) is 23.6 Å². The molecule has 1 heterocycles. The van der Waals surface area contributed by atoms with E-state index in [9.17, 15) is 27.9 Å². The number of hydrogen-bond donors (Lipinski definition) is 2. The van der Waals surface area contributed by atoms with E-state index in [1.165, 1.54) is 0 Å². The van der Waals surface area contributed by atoms with Crippen molar-refractivity contribution < 1.29 is 32.6 Å². The molecule has 2 rings (SSSR count). The number of carboxylic acids is 1. The molecule has 1 atom stereocenters. The van der Waals surface area contributed by atoms with Crippen LogP contribution in [-0.4, -0.2) is 36.3 Å². The monoisotopic (exact) mass is 317 g/mol.